The van der Waals surface area contributed by atoms with E-state index in [1.807, 2.05) is 0 Å². The van der Waals surface area contributed by atoms with Crippen LogP contribution in [0.4, 0.5) is 0 Å². The van der Waals surface area contributed by atoms with Crippen molar-refractivity contribution < 1.29 is 20.8 Å². The van der Waals surface area contributed by atoms with E-state index in [-0.39, 0.29) is 23.1 Å². The van der Waals surface area contributed by atoms with Gasteiger partial charge in [0.1, 0.15) is 17.6 Å². The fraction of sp³-hybridized carbons (Fsp3) is 0.739. The summed E-state index contributed by atoms with van der Waals surface area (Å²) in [5.74, 6) is 1.35. The summed E-state index contributed by atoms with van der Waals surface area (Å²) >= 11 is 0. The lowest BCUT2D eigenvalue weighted by atomic mass is 9.48. The van der Waals surface area contributed by atoms with Crippen LogP contribution in [0.25, 0.3) is 0 Å². The van der Waals surface area contributed by atoms with Gasteiger partial charge in [0.15, 0.2) is 0 Å². The highest BCUT2D eigenvalue weighted by Gasteiger charge is 2.59. The largest absolute Gasteiger partial charge is 0.429 e. The number of esters is 1. The van der Waals surface area contributed by atoms with E-state index in [1.165, 1.54) is 6.92 Å². The van der Waals surface area contributed by atoms with Crippen molar-refractivity contribution in [3.63, 3.8) is 0 Å². The molecule has 3 unspecified atom stereocenters. The first kappa shape index (κ1) is 17.7. The number of ketones is 1. The van der Waals surface area contributed by atoms with Crippen LogP contribution >= 0.6 is 0 Å². The van der Waals surface area contributed by atoms with E-state index in [0.717, 1.165) is 37.7 Å². The number of carbonyl (C=O) groups excluding carboxylic acids is 2. The highest BCUT2D eigenvalue weighted by molar-refractivity contribution is 5.79. The standard InChI is InChI=1S/C23H32O4/c1-13(24)17-7-8-18-16-6-5-15-11-20(26)21(27-14(2)25)12-23(15,4)19(16)9-10-22(17,18)3/h5,12,16-20,26H,6-11H2,1-4H3/t16?,17-,18?,19?,20+,22-,23-/m1/s1/i12D. The first-order valence-electron chi connectivity index (χ1n) is 10.9. The van der Waals surface area contributed by atoms with Gasteiger partial charge in [0.05, 0.1) is 1.37 Å². The smallest absolute Gasteiger partial charge is 0.307 e. The second kappa shape index (κ2) is 6.30. The van der Waals surface area contributed by atoms with Crippen LogP contribution in [0.5, 0.6) is 0 Å². The van der Waals surface area contributed by atoms with Crippen LogP contribution in [-0.2, 0) is 14.3 Å². The van der Waals surface area contributed by atoms with Gasteiger partial charge in [0.2, 0.25) is 0 Å². The summed E-state index contributed by atoms with van der Waals surface area (Å²) < 4.78 is 14.2. The molecule has 4 nitrogen and oxygen atoms in total. The fourth-order valence-corrected chi connectivity index (χ4v) is 7.09. The van der Waals surface area contributed by atoms with Gasteiger partial charge in [-0.1, -0.05) is 25.5 Å². The summed E-state index contributed by atoms with van der Waals surface area (Å²) in [7, 11) is 0. The maximum atomic E-state index is 12.3. The second-order valence-electron chi connectivity index (χ2n) is 9.63. The van der Waals surface area contributed by atoms with Crippen LogP contribution < -0.4 is 0 Å². The Morgan fingerprint density at radius 3 is 2.63 bits per heavy atom. The molecule has 2 saturated carbocycles. The highest BCUT2D eigenvalue weighted by Crippen LogP contribution is 2.65. The van der Waals surface area contributed by atoms with Crippen LogP contribution in [-0.4, -0.2) is 23.0 Å². The van der Waals surface area contributed by atoms with Crippen molar-refractivity contribution in [3.8, 4) is 0 Å². The maximum Gasteiger partial charge on any atom is 0.307 e. The highest BCUT2D eigenvalue weighted by atomic mass is 16.5. The normalized spacial score (nSPS) is 46.6. The minimum absolute atomic E-state index is 0.0630. The van der Waals surface area contributed by atoms with Crippen molar-refractivity contribution in [2.24, 2.45) is 34.5 Å². The first-order valence-corrected chi connectivity index (χ1v) is 10.4. The molecule has 27 heavy (non-hydrogen) atoms. The van der Waals surface area contributed by atoms with Crippen LogP contribution in [0.2, 0.25) is 0 Å². The number of carbonyl (C=O) groups is 2. The number of Topliss-reactive ketones (excluding diaryl/α,β-unsaturated/α-hetero) is 1. The molecule has 7 atom stereocenters. The molecule has 0 aromatic carbocycles. The molecule has 0 saturated heterocycles. The van der Waals surface area contributed by atoms with E-state index in [0.29, 0.717) is 30.0 Å². The molecule has 0 amide bonds. The summed E-state index contributed by atoms with van der Waals surface area (Å²) in [6.45, 7) is 7.47. The number of fused-ring (bicyclic) bond motifs is 5. The summed E-state index contributed by atoms with van der Waals surface area (Å²) in [4.78, 5) is 23.8. The zero-order valence-corrected chi connectivity index (χ0v) is 16.9. The number of ether oxygens (including phenoxy) is 1. The van der Waals surface area contributed by atoms with E-state index in [1.54, 1.807) is 6.92 Å². The van der Waals surface area contributed by atoms with Crippen molar-refractivity contribution in [1.82, 2.24) is 0 Å². The van der Waals surface area contributed by atoms with Crippen LogP contribution in [0.15, 0.2) is 23.5 Å². The molecule has 4 heteroatoms. The zero-order valence-electron chi connectivity index (χ0n) is 17.9. The molecule has 2 fully saturated rings. The Bertz CT molecular complexity index is 783. The lowest BCUT2D eigenvalue weighted by Crippen LogP contribution is -2.50. The van der Waals surface area contributed by atoms with E-state index in [4.69, 9.17) is 6.11 Å². The minimum Gasteiger partial charge on any atom is -0.429 e. The summed E-state index contributed by atoms with van der Waals surface area (Å²) in [5.41, 5.74) is 0.683. The number of allylic oxidation sites excluding steroid dienone is 2. The SMILES string of the molecule is [2H]C1=C(OC(C)=O)[C@@H](O)CC2=CCC3C(CC[C@@]4(C)C3CC[C@@H]4C(C)=O)[C@@]21C. The molecule has 0 aromatic rings. The molecule has 0 aliphatic heterocycles. The van der Waals surface area contributed by atoms with Gasteiger partial charge in [-0.25, -0.2) is 0 Å². The summed E-state index contributed by atoms with van der Waals surface area (Å²) in [5, 5.41) is 10.5. The van der Waals surface area contributed by atoms with E-state index >= 15 is 0 Å². The number of aliphatic hydroxyl groups is 1. The lowest BCUT2D eigenvalue weighted by molar-refractivity contribution is -0.139. The fourth-order valence-electron chi connectivity index (χ4n) is 7.09. The molecule has 4 aliphatic carbocycles. The van der Waals surface area contributed by atoms with Gasteiger partial charge in [-0.2, -0.15) is 0 Å². The Morgan fingerprint density at radius 1 is 1.22 bits per heavy atom. The molecule has 4 aliphatic rings. The number of aliphatic hydroxyl groups excluding tert-OH is 1. The molecule has 0 aromatic heterocycles. The van der Waals surface area contributed by atoms with Gasteiger partial charge in [-0.3, -0.25) is 9.59 Å². The Morgan fingerprint density at radius 2 is 1.96 bits per heavy atom. The molecule has 0 heterocycles. The second-order valence-corrected chi connectivity index (χ2v) is 9.63. The monoisotopic (exact) mass is 373 g/mol. The lowest BCUT2D eigenvalue weighted by Gasteiger charge is -2.56. The Hall–Kier alpha value is -1.42. The third kappa shape index (κ3) is 2.74. The van der Waals surface area contributed by atoms with Gasteiger partial charge in [-0.15, -0.1) is 0 Å². The van der Waals surface area contributed by atoms with Crippen LogP contribution in [0.3, 0.4) is 0 Å². The van der Waals surface area contributed by atoms with Gasteiger partial charge in [-0.05, 0) is 68.2 Å². The van der Waals surface area contributed by atoms with E-state index in [9.17, 15) is 14.7 Å². The third-order valence-electron chi connectivity index (χ3n) is 8.33. The quantitative estimate of drug-likeness (QED) is 0.582. The molecule has 0 bridgehead atoms. The zero-order chi connectivity index (χ0) is 20.4. The molecular formula is C23H32O4. The van der Waals surface area contributed by atoms with E-state index in [2.05, 4.69) is 19.9 Å². The van der Waals surface area contributed by atoms with Crippen molar-refractivity contribution >= 4 is 11.8 Å². The minimum atomic E-state index is -0.922. The van der Waals surface area contributed by atoms with Gasteiger partial charge in [0.25, 0.3) is 0 Å². The van der Waals surface area contributed by atoms with Gasteiger partial charge in [0, 0.05) is 24.7 Å². The maximum absolute atomic E-state index is 12.3. The average molecular weight is 374 g/mol. The molecule has 0 spiro atoms. The van der Waals surface area contributed by atoms with Crippen LogP contribution in [0, 0.1) is 34.5 Å². The average Bonchev–Trinajstić information content (AvgIpc) is 2.97. The molecule has 0 radical (unpaired) electrons. The summed E-state index contributed by atoms with van der Waals surface area (Å²) in [6, 6.07) is 0.270. The number of rotatable bonds is 2. The van der Waals surface area contributed by atoms with Crippen molar-refractivity contribution in [2.45, 2.75) is 72.3 Å². The first-order chi connectivity index (χ1) is 13.1. The van der Waals surface area contributed by atoms with Gasteiger partial charge >= 0.3 is 5.97 Å². The molecular weight excluding hydrogens is 340 g/mol. The molecule has 4 rings (SSSR count). The third-order valence-corrected chi connectivity index (χ3v) is 8.33. The van der Waals surface area contributed by atoms with Gasteiger partial charge < -0.3 is 9.84 Å². The molecule has 1 N–H and O–H groups in total. The Labute approximate surface area is 163 Å². The predicted molar refractivity (Wildman–Crippen MR) is 102 cm³/mol. The number of hydrogen-bond donors (Lipinski definition) is 1. The molecule has 148 valence electrons. The Balaban J connectivity index is 1.74. The Kier molecular flexibility index (Phi) is 4.12. The summed E-state index contributed by atoms with van der Waals surface area (Å²) in [6.07, 6.45) is 6.74. The van der Waals surface area contributed by atoms with E-state index < -0.39 is 17.5 Å². The topological polar surface area (TPSA) is 63.6 Å². The van der Waals surface area contributed by atoms with Crippen molar-refractivity contribution in [1.29, 1.82) is 0 Å². The number of hydrogen-bond acceptors (Lipinski definition) is 4. The predicted octanol–water partition coefficient (Wildman–Crippen LogP) is 4.18. The van der Waals surface area contributed by atoms with Crippen LogP contribution in [0.1, 0.15) is 67.6 Å². The van der Waals surface area contributed by atoms with Crippen molar-refractivity contribution in [2.75, 3.05) is 0 Å². The van der Waals surface area contributed by atoms with Crippen molar-refractivity contribution in [3.05, 3.63) is 23.5 Å².